The molecule has 8 heteroatoms. The molecule has 0 aliphatic carbocycles. The van der Waals surface area contributed by atoms with E-state index in [1.54, 1.807) is 43.3 Å². The minimum Gasteiger partial charge on any atom is -0.208 e. The summed E-state index contributed by atoms with van der Waals surface area (Å²) in [5.41, 5.74) is 2.71. The van der Waals surface area contributed by atoms with Gasteiger partial charge in [0.05, 0.1) is 9.79 Å². The van der Waals surface area contributed by atoms with Crippen LogP contribution in [0.2, 0.25) is 0 Å². The van der Waals surface area contributed by atoms with Gasteiger partial charge in [-0.25, -0.2) is 21.6 Å². The number of aryl methyl sites for hydroxylation is 3. The first kappa shape index (κ1) is 21.0. The van der Waals surface area contributed by atoms with Gasteiger partial charge in [-0.1, -0.05) is 35.4 Å². The molecular formula is C20H26N2O4S2. The van der Waals surface area contributed by atoms with Crippen molar-refractivity contribution in [3.8, 4) is 0 Å². The van der Waals surface area contributed by atoms with Crippen LogP contribution in [-0.2, 0) is 20.0 Å². The highest BCUT2D eigenvalue weighted by Gasteiger charge is 2.31. The van der Waals surface area contributed by atoms with Crippen molar-refractivity contribution in [3.05, 3.63) is 59.2 Å². The van der Waals surface area contributed by atoms with E-state index in [4.69, 9.17) is 0 Å². The van der Waals surface area contributed by atoms with E-state index in [9.17, 15) is 16.8 Å². The molecule has 28 heavy (non-hydrogen) atoms. The summed E-state index contributed by atoms with van der Waals surface area (Å²) in [6, 6.07) is 11.7. The Balaban J connectivity index is 1.67. The van der Waals surface area contributed by atoms with Gasteiger partial charge < -0.3 is 0 Å². The molecule has 0 atom stereocenters. The lowest BCUT2D eigenvalue weighted by Gasteiger charge is -2.31. The summed E-state index contributed by atoms with van der Waals surface area (Å²) >= 11 is 0. The van der Waals surface area contributed by atoms with Crippen molar-refractivity contribution in [2.45, 2.75) is 49.4 Å². The van der Waals surface area contributed by atoms with Crippen LogP contribution < -0.4 is 4.72 Å². The molecule has 3 rings (SSSR count). The van der Waals surface area contributed by atoms with Gasteiger partial charge in [0, 0.05) is 19.1 Å². The summed E-state index contributed by atoms with van der Waals surface area (Å²) in [4.78, 5) is 0.542. The highest BCUT2D eigenvalue weighted by molar-refractivity contribution is 7.89. The Kier molecular flexibility index (Phi) is 5.95. The smallest absolute Gasteiger partial charge is 0.208 e. The van der Waals surface area contributed by atoms with Crippen LogP contribution in [0.5, 0.6) is 0 Å². The third-order valence-electron chi connectivity index (χ3n) is 5.05. The van der Waals surface area contributed by atoms with E-state index in [0.717, 1.165) is 11.1 Å². The molecule has 1 fully saturated rings. The van der Waals surface area contributed by atoms with Crippen LogP contribution in [-0.4, -0.2) is 40.3 Å². The zero-order chi connectivity index (χ0) is 20.5. The highest BCUT2D eigenvalue weighted by atomic mass is 32.2. The van der Waals surface area contributed by atoms with Gasteiger partial charge in [-0.2, -0.15) is 4.31 Å². The summed E-state index contributed by atoms with van der Waals surface area (Å²) < 4.78 is 55.2. The largest absolute Gasteiger partial charge is 0.243 e. The highest BCUT2D eigenvalue weighted by Crippen LogP contribution is 2.23. The Morgan fingerprint density at radius 3 is 2.00 bits per heavy atom. The number of rotatable bonds is 5. The molecule has 0 radical (unpaired) electrons. The Morgan fingerprint density at radius 1 is 0.857 bits per heavy atom. The van der Waals surface area contributed by atoms with E-state index in [1.807, 2.05) is 19.9 Å². The molecule has 0 aromatic heterocycles. The minimum atomic E-state index is -3.64. The van der Waals surface area contributed by atoms with E-state index in [1.165, 1.54) is 4.31 Å². The van der Waals surface area contributed by atoms with Crippen LogP contribution in [0, 0.1) is 20.8 Å². The van der Waals surface area contributed by atoms with Crippen LogP contribution in [0.3, 0.4) is 0 Å². The lowest BCUT2D eigenvalue weighted by molar-refractivity contribution is 0.308. The maximum absolute atomic E-state index is 12.8. The van der Waals surface area contributed by atoms with E-state index in [-0.39, 0.29) is 28.9 Å². The summed E-state index contributed by atoms with van der Waals surface area (Å²) in [7, 11) is -7.19. The first-order valence-corrected chi connectivity index (χ1v) is 12.2. The quantitative estimate of drug-likeness (QED) is 0.803. The fourth-order valence-electron chi connectivity index (χ4n) is 3.46. The van der Waals surface area contributed by atoms with E-state index < -0.39 is 20.0 Å². The predicted octanol–water partition coefficient (Wildman–Crippen LogP) is 2.74. The van der Waals surface area contributed by atoms with E-state index in [0.29, 0.717) is 18.4 Å². The molecule has 0 spiro atoms. The molecule has 6 nitrogen and oxygen atoms in total. The number of benzene rings is 2. The lowest BCUT2D eigenvalue weighted by atomic mass is 10.1. The predicted molar refractivity (Wildman–Crippen MR) is 109 cm³/mol. The Hall–Kier alpha value is -1.74. The third kappa shape index (κ3) is 4.46. The fourth-order valence-corrected chi connectivity index (χ4v) is 6.46. The second-order valence-corrected chi connectivity index (χ2v) is 11.0. The average Bonchev–Trinajstić information content (AvgIpc) is 2.62. The number of nitrogens with one attached hydrogen (secondary N) is 1. The molecule has 1 saturated heterocycles. The summed E-state index contributed by atoms with van der Waals surface area (Å²) in [5.74, 6) is 0. The Morgan fingerprint density at radius 2 is 1.43 bits per heavy atom. The average molecular weight is 423 g/mol. The molecule has 0 bridgehead atoms. The van der Waals surface area contributed by atoms with E-state index >= 15 is 0 Å². The van der Waals surface area contributed by atoms with Crippen LogP contribution in [0.25, 0.3) is 0 Å². The lowest BCUT2D eigenvalue weighted by Crippen LogP contribution is -2.46. The SMILES string of the molecule is Cc1ccc(S(=O)(=O)N2CCC(NS(=O)(=O)c3ccc(C)cc3C)CC2)cc1. The van der Waals surface area contributed by atoms with Crippen LogP contribution in [0.15, 0.2) is 52.3 Å². The van der Waals surface area contributed by atoms with Gasteiger partial charge in [0.1, 0.15) is 0 Å². The zero-order valence-corrected chi connectivity index (χ0v) is 18.0. The molecule has 2 aromatic carbocycles. The molecular weight excluding hydrogens is 396 g/mol. The van der Waals surface area contributed by atoms with Gasteiger partial charge in [-0.15, -0.1) is 0 Å². The van der Waals surface area contributed by atoms with Crippen LogP contribution in [0.4, 0.5) is 0 Å². The van der Waals surface area contributed by atoms with Crippen molar-refractivity contribution >= 4 is 20.0 Å². The number of sulfonamides is 2. The monoisotopic (exact) mass is 422 g/mol. The normalized spacial score (nSPS) is 17.0. The van der Waals surface area contributed by atoms with Gasteiger partial charge in [0.25, 0.3) is 0 Å². The van der Waals surface area contributed by atoms with Crippen LogP contribution >= 0.6 is 0 Å². The molecule has 0 amide bonds. The molecule has 1 aliphatic heterocycles. The second-order valence-electron chi connectivity index (χ2n) is 7.38. The van der Waals surface area contributed by atoms with Gasteiger partial charge in [-0.3, -0.25) is 0 Å². The molecule has 152 valence electrons. The van der Waals surface area contributed by atoms with Crippen LogP contribution in [0.1, 0.15) is 29.5 Å². The van der Waals surface area contributed by atoms with Crippen molar-refractivity contribution < 1.29 is 16.8 Å². The summed E-state index contributed by atoms with van der Waals surface area (Å²) in [6.45, 7) is 6.18. The van der Waals surface area contributed by atoms with Gasteiger partial charge >= 0.3 is 0 Å². The van der Waals surface area contributed by atoms with Gasteiger partial charge in [0.15, 0.2) is 0 Å². The number of hydrogen-bond acceptors (Lipinski definition) is 4. The summed E-state index contributed by atoms with van der Waals surface area (Å²) in [6.07, 6.45) is 0.879. The Labute approximate surface area is 167 Å². The van der Waals surface area contributed by atoms with Crippen molar-refractivity contribution in [2.75, 3.05) is 13.1 Å². The zero-order valence-electron chi connectivity index (χ0n) is 16.3. The molecule has 1 aliphatic rings. The third-order valence-corrected chi connectivity index (χ3v) is 8.65. The molecule has 0 unspecified atom stereocenters. The molecule has 0 saturated carbocycles. The van der Waals surface area contributed by atoms with Gasteiger partial charge in [0.2, 0.25) is 20.0 Å². The topological polar surface area (TPSA) is 83.6 Å². The number of nitrogens with zero attached hydrogens (tertiary/aromatic N) is 1. The number of piperidine rings is 1. The van der Waals surface area contributed by atoms with E-state index in [2.05, 4.69) is 4.72 Å². The van der Waals surface area contributed by atoms with Crippen molar-refractivity contribution in [1.82, 2.24) is 9.03 Å². The molecule has 1 N–H and O–H groups in total. The summed E-state index contributed by atoms with van der Waals surface area (Å²) in [5, 5.41) is 0. The minimum absolute atomic E-state index is 0.271. The Bertz CT molecular complexity index is 1050. The fraction of sp³-hybridized carbons (Fsp3) is 0.400. The standard InChI is InChI=1S/C20H26N2O4S2/c1-15-4-7-19(8-5-15)28(25,26)22-12-10-18(11-13-22)21-27(23,24)20-9-6-16(2)14-17(20)3/h4-9,14,18,21H,10-13H2,1-3H3. The first-order chi connectivity index (χ1) is 13.1. The molecule has 2 aromatic rings. The van der Waals surface area contributed by atoms with Crippen molar-refractivity contribution in [3.63, 3.8) is 0 Å². The van der Waals surface area contributed by atoms with Crippen molar-refractivity contribution in [1.29, 1.82) is 0 Å². The molecule has 1 heterocycles. The maximum Gasteiger partial charge on any atom is 0.243 e. The van der Waals surface area contributed by atoms with Crippen molar-refractivity contribution in [2.24, 2.45) is 0 Å². The van der Waals surface area contributed by atoms with Gasteiger partial charge in [-0.05, 0) is 57.4 Å². The number of hydrogen-bond donors (Lipinski definition) is 1. The maximum atomic E-state index is 12.8. The first-order valence-electron chi connectivity index (χ1n) is 9.26. The second kappa shape index (κ2) is 7.94.